The number of hydrogen-bond acceptors (Lipinski definition) is 4. The summed E-state index contributed by atoms with van der Waals surface area (Å²) in [5, 5.41) is 11.2. The Balaban J connectivity index is 1.35. The third-order valence-electron chi connectivity index (χ3n) is 5.46. The lowest BCUT2D eigenvalue weighted by molar-refractivity contribution is -0.114. The van der Waals surface area contributed by atoms with Gasteiger partial charge in [0.15, 0.2) is 5.17 Å². The molecule has 1 aromatic heterocycles. The van der Waals surface area contributed by atoms with Crippen molar-refractivity contribution in [3.63, 3.8) is 0 Å². The highest BCUT2D eigenvalue weighted by molar-refractivity contribution is 8.17. The molecular formula is C26H22N4O2S. The van der Waals surface area contributed by atoms with E-state index < -0.39 is 5.91 Å². The van der Waals surface area contributed by atoms with Crippen molar-refractivity contribution in [2.75, 3.05) is 6.61 Å². The maximum absolute atomic E-state index is 12.8. The van der Waals surface area contributed by atoms with E-state index in [2.05, 4.69) is 4.99 Å². The molecule has 2 aliphatic rings. The van der Waals surface area contributed by atoms with Crippen LogP contribution in [0.2, 0.25) is 0 Å². The van der Waals surface area contributed by atoms with E-state index in [9.17, 15) is 4.79 Å². The van der Waals surface area contributed by atoms with Gasteiger partial charge in [-0.15, -0.1) is 0 Å². The second kappa shape index (κ2) is 8.96. The Bertz CT molecular complexity index is 1300. The molecule has 164 valence electrons. The van der Waals surface area contributed by atoms with Gasteiger partial charge in [0.25, 0.3) is 5.91 Å². The topological polar surface area (TPSA) is 70.7 Å². The number of thioether (sulfide) groups is 1. The molecule has 0 atom stereocenters. The predicted octanol–water partition coefficient (Wildman–Crippen LogP) is 5.18. The summed E-state index contributed by atoms with van der Waals surface area (Å²) in [5.41, 5.74) is 4.11. The SMILES string of the molecule is Cc1ccc(OCCn2cccc2/C=C2/C(=N)N3C(c4ccccc4)=CSC3=NC2=O)cc1. The average Bonchev–Trinajstić information content (AvgIpc) is 3.45. The van der Waals surface area contributed by atoms with Crippen molar-refractivity contribution in [3.05, 3.63) is 101 Å². The maximum atomic E-state index is 12.8. The normalized spacial score (nSPS) is 16.6. The van der Waals surface area contributed by atoms with Crippen LogP contribution in [0.25, 0.3) is 11.8 Å². The molecule has 1 amide bonds. The molecule has 0 radical (unpaired) electrons. The molecule has 2 aromatic carbocycles. The van der Waals surface area contributed by atoms with Crippen LogP contribution < -0.4 is 4.74 Å². The van der Waals surface area contributed by atoms with Crippen molar-refractivity contribution < 1.29 is 9.53 Å². The minimum Gasteiger partial charge on any atom is -0.492 e. The fraction of sp³-hybridized carbons (Fsp3) is 0.115. The molecule has 7 heteroatoms. The fourth-order valence-corrected chi connectivity index (χ4v) is 4.61. The van der Waals surface area contributed by atoms with Crippen LogP contribution in [0.5, 0.6) is 5.75 Å². The number of fused-ring (bicyclic) bond motifs is 1. The second-order valence-corrected chi connectivity index (χ2v) is 8.55. The fourth-order valence-electron chi connectivity index (χ4n) is 3.72. The molecule has 33 heavy (non-hydrogen) atoms. The third kappa shape index (κ3) is 4.27. The highest BCUT2D eigenvalue weighted by Gasteiger charge is 2.36. The van der Waals surface area contributed by atoms with Crippen molar-refractivity contribution in [3.8, 4) is 5.75 Å². The van der Waals surface area contributed by atoms with Crippen LogP contribution >= 0.6 is 11.8 Å². The standard InChI is InChI=1S/C26H22N4O2S/c1-18-9-11-21(12-10-18)32-15-14-29-13-5-8-20(29)16-22-24(27)30-23(19-6-3-2-4-7-19)17-33-26(30)28-25(22)31/h2-13,16-17,27H,14-15H2,1H3/b22-16-,27-24?. The molecule has 0 spiro atoms. The second-order valence-electron chi connectivity index (χ2n) is 7.72. The lowest BCUT2D eigenvalue weighted by Crippen LogP contribution is -2.38. The first-order valence-corrected chi connectivity index (χ1v) is 11.5. The van der Waals surface area contributed by atoms with Gasteiger partial charge in [-0.05, 0) is 42.8 Å². The van der Waals surface area contributed by atoms with Crippen LogP contribution in [0.1, 0.15) is 16.8 Å². The summed E-state index contributed by atoms with van der Waals surface area (Å²) >= 11 is 1.36. The first kappa shape index (κ1) is 21.0. The molecular weight excluding hydrogens is 432 g/mol. The Morgan fingerprint density at radius 2 is 1.85 bits per heavy atom. The Kier molecular flexibility index (Phi) is 5.71. The molecule has 0 bridgehead atoms. The van der Waals surface area contributed by atoms with Crippen molar-refractivity contribution in [2.24, 2.45) is 4.99 Å². The van der Waals surface area contributed by atoms with Crippen LogP contribution in [-0.4, -0.2) is 33.0 Å². The van der Waals surface area contributed by atoms with Gasteiger partial charge < -0.3 is 9.30 Å². The van der Waals surface area contributed by atoms with Crippen molar-refractivity contribution in [1.29, 1.82) is 5.41 Å². The number of aryl methyl sites for hydroxylation is 1. The van der Waals surface area contributed by atoms with Gasteiger partial charge in [0.1, 0.15) is 18.2 Å². The molecule has 1 N–H and O–H groups in total. The number of nitrogens with one attached hydrogen (secondary N) is 1. The number of nitrogens with zero attached hydrogens (tertiary/aromatic N) is 3. The number of carbonyl (C=O) groups is 1. The first-order valence-electron chi connectivity index (χ1n) is 10.6. The van der Waals surface area contributed by atoms with Gasteiger partial charge in [0.2, 0.25) is 0 Å². The molecule has 5 rings (SSSR count). The average molecular weight is 455 g/mol. The molecule has 3 aromatic rings. The number of amidine groups is 2. The van der Waals surface area contributed by atoms with Crippen LogP contribution in [0.15, 0.2) is 88.9 Å². The largest absolute Gasteiger partial charge is 0.492 e. The van der Waals surface area contributed by atoms with E-state index in [4.69, 9.17) is 10.1 Å². The molecule has 0 saturated carbocycles. The van der Waals surface area contributed by atoms with E-state index >= 15 is 0 Å². The molecule has 3 heterocycles. The highest BCUT2D eigenvalue weighted by atomic mass is 32.2. The van der Waals surface area contributed by atoms with E-state index in [0.717, 1.165) is 22.7 Å². The summed E-state index contributed by atoms with van der Waals surface area (Å²) in [6.07, 6.45) is 3.68. The summed E-state index contributed by atoms with van der Waals surface area (Å²) in [6, 6.07) is 21.6. The predicted molar refractivity (Wildman–Crippen MR) is 133 cm³/mol. The summed E-state index contributed by atoms with van der Waals surface area (Å²) in [5.74, 6) is 0.560. The number of rotatable bonds is 6. The summed E-state index contributed by atoms with van der Waals surface area (Å²) in [4.78, 5) is 18.7. The third-order valence-corrected chi connectivity index (χ3v) is 6.29. The number of hydrogen-bond donors (Lipinski definition) is 1. The molecule has 0 unspecified atom stereocenters. The van der Waals surface area contributed by atoms with E-state index in [1.165, 1.54) is 17.3 Å². The van der Waals surface area contributed by atoms with Crippen molar-refractivity contribution in [1.82, 2.24) is 9.47 Å². The summed E-state index contributed by atoms with van der Waals surface area (Å²) in [6.45, 7) is 3.15. The highest BCUT2D eigenvalue weighted by Crippen LogP contribution is 2.37. The molecule has 0 fully saturated rings. The number of aromatic nitrogens is 1. The number of amides is 1. The number of benzene rings is 2. The minimum absolute atomic E-state index is 0.133. The van der Waals surface area contributed by atoms with E-state index in [1.54, 1.807) is 11.0 Å². The quantitative estimate of drug-likeness (QED) is 0.521. The van der Waals surface area contributed by atoms with Gasteiger partial charge in [-0.1, -0.05) is 59.8 Å². The van der Waals surface area contributed by atoms with Crippen LogP contribution in [-0.2, 0) is 11.3 Å². The zero-order valence-electron chi connectivity index (χ0n) is 18.1. The van der Waals surface area contributed by atoms with E-state index in [0.29, 0.717) is 18.3 Å². The lowest BCUT2D eigenvalue weighted by Gasteiger charge is -2.27. The molecule has 0 aliphatic carbocycles. The Morgan fingerprint density at radius 3 is 2.64 bits per heavy atom. The zero-order valence-corrected chi connectivity index (χ0v) is 18.9. The number of aliphatic imine (C=N–C) groups is 1. The summed E-state index contributed by atoms with van der Waals surface area (Å²) < 4.78 is 7.86. The molecule has 6 nitrogen and oxygen atoms in total. The van der Waals surface area contributed by atoms with Gasteiger partial charge in [-0.25, -0.2) is 0 Å². The molecule has 0 saturated heterocycles. The maximum Gasteiger partial charge on any atom is 0.283 e. The minimum atomic E-state index is -0.398. The Morgan fingerprint density at radius 1 is 1.06 bits per heavy atom. The van der Waals surface area contributed by atoms with Crippen molar-refractivity contribution >= 4 is 40.4 Å². The monoisotopic (exact) mass is 454 g/mol. The van der Waals surface area contributed by atoms with Gasteiger partial charge in [0, 0.05) is 17.3 Å². The van der Waals surface area contributed by atoms with E-state index in [-0.39, 0.29) is 11.4 Å². The van der Waals surface area contributed by atoms with E-state index in [1.807, 2.05) is 89.8 Å². The van der Waals surface area contributed by atoms with Crippen LogP contribution in [0.4, 0.5) is 0 Å². The van der Waals surface area contributed by atoms with Gasteiger partial charge in [0.05, 0.1) is 17.8 Å². The van der Waals surface area contributed by atoms with Gasteiger partial charge in [-0.2, -0.15) is 4.99 Å². The van der Waals surface area contributed by atoms with Gasteiger partial charge >= 0.3 is 0 Å². The van der Waals surface area contributed by atoms with Crippen LogP contribution in [0, 0.1) is 12.3 Å². The zero-order chi connectivity index (χ0) is 22.8. The Hall–Kier alpha value is -3.84. The summed E-state index contributed by atoms with van der Waals surface area (Å²) in [7, 11) is 0. The van der Waals surface area contributed by atoms with Crippen LogP contribution in [0.3, 0.4) is 0 Å². The molecule has 2 aliphatic heterocycles. The lowest BCUT2D eigenvalue weighted by atomic mass is 10.1. The van der Waals surface area contributed by atoms with Crippen molar-refractivity contribution in [2.45, 2.75) is 13.5 Å². The smallest absolute Gasteiger partial charge is 0.283 e. The number of ether oxygens (including phenoxy) is 1. The number of carbonyl (C=O) groups excluding carboxylic acids is 1. The first-order chi connectivity index (χ1) is 16.1. The Labute approximate surface area is 196 Å². The van der Waals surface area contributed by atoms with Gasteiger partial charge in [-0.3, -0.25) is 15.1 Å².